The molecule has 0 aromatic heterocycles. The van der Waals surface area contributed by atoms with Crippen molar-refractivity contribution in [1.82, 2.24) is 9.21 Å². The molecule has 152 valence electrons. The Hall–Kier alpha value is -1.70. The molecule has 2 saturated heterocycles. The van der Waals surface area contributed by atoms with Crippen LogP contribution in [-0.2, 0) is 14.8 Å². The lowest BCUT2D eigenvalue weighted by Gasteiger charge is -2.58. The van der Waals surface area contributed by atoms with E-state index < -0.39 is 10.0 Å². The minimum atomic E-state index is -3.41. The number of benzene rings is 1. The second-order valence-corrected chi connectivity index (χ2v) is 10.2. The summed E-state index contributed by atoms with van der Waals surface area (Å²) in [6.07, 6.45) is 7.03. The van der Waals surface area contributed by atoms with E-state index in [1.165, 1.54) is 28.3 Å². The van der Waals surface area contributed by atoms with Gasteiger partial charge in [0.15, 0.2) is 0 Å². The minimum Gasteiger partial charge on any atom is -0.394 e. The van der Waals surface area contributed by atoms with Crippen molar-refractivity contribution in [1.29, 1.82) is 0 Å². The summed E-state index contributed by atoms with van der Waals surface area (Å²) in [7, 11) is -3.41. The monoisotopic (exact) mass is 404 g/mol. The van der Waals surface area contributed by atoms with Gasteiger partial charge >= 0.3 is 0 Å². The van der Waals surface area contributed by atoms with Gasteiger partial charge in [0.25, 0.3) is 0 Å². The van der Waals surface area contributed by atoms with Crippen LogP contribution in [0.15, 0.2) is 30.3 Å². The molecule has 0 spiro atoms. The SMILES string of the molecule is CCS(=O)(=O)N1CC(=O)N2[C@H](CO)[C@H](c3ccc(C4=CCCCC4)cc3)[C@@H]2C1. The van der Waals surface area contributed by atoms with Crippen LogP contribution < -0.4 is 0 Å². The summed E-state index contributed by atoms with van der Waals surface area (Å²) in [6.45, 7) is 1.67. The number of carbonyl (C=O) groups excluding carboxylic acids is 1. The molecule has 1 aromatic carbocycles. The van der Waals surface area contributed by atoms with Gasteiger partial charge in [-0.25, -0.2) is 8.42 Å². The average Bonchev–Trinajstić information content (AvgIpc) is 2.70. The molecule has 2 aliphatic heterocycles. The molecule has 1 aliphatic carbocycles. The summed E-state index contributed by atoms with van der Waals surface area (Å²) < 4.78 is 25.9. The molecule has 4 rings (SSSR count). The van der Waals surface area contributed by atoms with Crippen molar-refractivity contribution in [2.75, 3.05) is 25.4 Å². The molecule has 1 aromatic rings. The van der Waals surface area contributed by atoms with Crippen LogP contribution in [0.3, 0.4) is 0 Å². The lowest BCUT2D eigenvalue weighted by Crippen LogP contribution is -2.73. The zero-order valence-corrected chi connectivity index (χ0v) is 17.1. The molecule has 3 atom stereocenters. The van der Waals surface area contributed by atoms with E-state index in [1.54, 1.807) is 11.8 Å². The van der Waals surface area contributed by atoms with Gasteiger partial charge in [0.05, 0.1) is 31.0 Å². The number of hydrogen-bond acceptors (Lipinski definition) is 4. The van der Waals surface area contributed by atoms with Crippen LogP contribution in [0, 0.1) is 0 Å². The summed E-state index contributed by atoms with van der Waals surface area (Å²) in [5.74, 6) is -0.268. The number of sulfonamides is 1. The van der Waals surface area contributed by atoms with Crippen LogP contribution in [0.4, 0.5) is 0 Å². The Balaban J connectivity index is 1.58. The summed E-state index contributed by atoms with van der Waals surface area (Å²) in [5.41, 5.74) is 3.68. The molecule has 0 bridgehead atoms. The van der Waals surface area contributed by atoms with Gasteiger partial charge in [0, 0.05) is 12.5 Å². The second kappa shape index (κ2) is 7.61. The Labute approximate surface area is 166 Å². The van der Waals surface area contributed by atoms with Crippen molar-refractivity contribution >= 4 is 21.5 Å². The average molecular weight is 405 g/mol. The highest BCUT2D eigenvalue weighted by Crippen LogP contribution is 2.43. The summed E-state index contributed by atoms with van der Waals surface area (Å²) in [4.78, 5) is 14.2. The van der Waals surface area contributed by atoms with Crippen molar-refractivity contribution in [3.8, 4) is 0 Å². The van der Waals surface area contributed by atoms with Crippen LogP contribution in [0.1, 0.15) is 49.7 Å². The van der Waals surface area contributed by atoms with E-state index in [1.807, 2.05) is 0 Å². The third-order valence-corrected chi connectivity index (χ3v) is 8.23. The zero-order valence-electron chi connectivity index (χ0n) is 16.3. The number of amides is 1. The lowest BCUT2D eigenvalue weighted by molar-refractivity contribution is -0.158. The number of allylic oxidation sites excluding steroid dienone is 2. The van der Waals surface area contributed by atoms with Gasteiger partial charge in [-0.05, 0) is 49.3 Å². The molecule has 1 amide bonds. The van der Waals surface area contributed by atoms with Crippen molar-refractivity contribution in [3.05, 3.63) is 41.5 Å². The highest BCUT2D eigenvalue weighted by atomic mass is 32.2. The number of rotatable bonds is 5. The van der Waals surface area contributed by atoms with Crippen molar-refractivity contribution in [2.45, 2.75) is 50.6 Å². The maximum absolute atomic E-state index is 12.5. The van der Waals surface area contributed by atoms with Gasteiger partial charge in [-0.2, -0.15) is 4.31 Å². The van der Waals surface area contributed by atoms with E-state index in [2.05, 4.69) is 30.3 Å². The molecule has 0 saturated carbocycles. The number of nitrogens with zero attached hydrogens (tertiary/aromatic N) is 2. The number of fused-ring (bicyclic) bond motifs is 1. The summed E-state index contributed by atoms with van der Waals surface area (Å²) >= 11 is 0. The third kappa shape index (κ3) is 3.29. The van der Waals surface area contributed by atoms with E-state index in [0.29, 0.717) is 6.54 Å². The molecule has 6 nitrogen and oxygen atoms in total. The van der Waals surface area contributed by atoms with E-state index in [0.717, 1.165) is 18.4 Å². The summed E-state index contributed by atoms with van der Waals surface area (Å²) in [5, 5.41) is 9.87. The molecular weight excluding hydrogens is 376 g/mol. The van der Waals surface area contributed by atoms with Crippen molar-refractivity contribution in [3.63, 3.8) is 0 Å². The Bertz CT molecular complexity index is 878. The first-order chi connectivity index (χ1) is 13.5. The molecule has 1 N–H and O–H groups in total. The lowest BCUT2D eigenvalue weighted by atomic mass is 9.74. The van der Waals surface area contributed by atoms with Crippen LogP contribution in [0.5, 0.6) is 0 Å². The standard InChI is InChI=1S/C21H28N2O4S/c1-2-28(26,27)22-12-18-21(19(14-24)23(18)20(25)13-22)17-10-8-16(9-11-17)15-6-4-3-5-7-15/h6,8-11,18-19,21,24H,2-5,7,12-14H2,1H3/t18-,19+,21+/m0/s1. The third-order valence-electron chi connectivity index (χ3n) is 6.44. The van der Waals surface area contributed by atoms with Crippen LogP contribution >= 0.6 is 0 Å². The Morgan fingerprint density at radius 3 is 2.54 bits per heavy atom. The molecular formula is C21H28N2O4S. The van der Waals surface area contributed by atoms with E-state index in [4.69, 9.17) is 0 Å². The van der Waals surface area contributed by atoms with Crippen LogP contribution in [0.2, 0.25) is 0 Å². The molecule has 0 unspecified atom stereocenters. The molecule has 0 radical (unpaired) electrons. The molecule has 7 heteroatoms. The smallest absolute Gasteiger partial charge is 0.238 e. The fraction of sp³-hybridized carbons (Fsp3) is 0.571. The maximum Gasteiger partial charge on any atom is 0.238 e. The highest BCUT2D eigenvalue weighted by molar-refractivity contribution is 7.89. The largest absolute Gasteiger partial charge is 0.394 e. The van der Waals surface area contributed by atoms with Gasteiger partial charge < -0.3 is 10.0 Å². The van der Waals surface area contributed by atoms with Gasteiger partial charge in [0.2, 0.25) is 15.9 Å². The van der Waals surface area contributed by atoms with Gasteiger partial charge in [-0.1, -0.05) is 30.3 Å². The maximum atomic E-state index is 12.5. The normalized spacial score (nSPS) is 28.5. The molecule has 3 aliphatic rings. The quantitative estimate of drug-likeness (QED) is 0.814. The highest BCUT2D eigenvalue weighted by Gasteiger charge is 2.55. The number of piperazine rings is 1. The fourth-order valence-corrected chi connectivity index (χ4v) is 5.94. The Morgan fingerprint density at radius 2 is 1.93 bits per heavy atom. The first-order valence-electron chi connectivity index (χ1n) is 10.2. The van der Waals surface area contributed by atoms with Gasteiger partial charge in [-0.15, -0.1) is 0 Å². The van der Waals surface area contributed by atoms with Crippen LogP contribution in [0.25, 0.3) is 5.57 Å². The van der Waals surface area contributed by atoms with Gasteiger partial charge in [-0.3, -0.25) is 4.79 Å². The zero-order chi connectivity index (χ0) is 19.9. The number of carbonyl (C=O) groups is 1. The molecule has 2 heterocycles. The topological polar surface area (TPSA) is 77.9 Å². The van der Waals surface area contributed by atoms with E-state index in [9.17, 15) is 18.3 Å². The van der Waals surface area contributed by atoms with Gasteiger partial charge in [0.1, 0.15) is 0 Å². The molecule has 2 fully saturated rings. The predicted molar refractivity (Wildman–Crippen MR) is 108 cm³/mol. The summed E-state index contributed by atoms with van der Waals surface area (Å²) in [6, 6.07) is 7.91. The van der Waals surface area contributed by atoms with Crippen molar-refractivity contribution in [2.24, 2.45) is 0 Å². The van der Waals surface area contributed by atoms with E-state index in [-0.39, 0.29) is 42.8 Å². The molecule has 28 heavy (non-hydrogen) atoms. The van der Waals surface area contributed by atoms with Crippen LogP contribution in [-0.4, -0.2) is 66.2 Å². The fourth-order valence-electron chi connectivity index (χ4n) is 4.88. The van der Waals surface area contributed by atoms with Crippen molar-refractivity contribution < 1.29 is 18.3 Å². The number of aliphatic hydroxyl groups is 1. The number of hydrogen-bond donors (Lipinski definition) is 1. The minimum absolute atomic E-state index is 0.00902. The Kier molecular flexibility index (Phi) is 5.33. The first-order valence-corrected chi connectivity index (χ1v) is 11.8. The van der Waals surface area contributed by atoms with E-state index >= 15 is 0 Å². The second-order valence-electron chi connectivity index (χ2n) is 7.93. The first kappa shape index (κ1) is 19.6. The predicted octanol–water partition coefficient (Wildman–Crippen LogP) is 1.96. The Morgan fingerprint density at radius 1 is 1.18 bits per heavy atom. The number of aliphatic hydroxyl groups excluding tert-OH is 1.